The molecule has 6 atom stereocenters. The molecule has 12 nitrogen and oxygen atoms in total. The normalized spacial score (nSPS) is 19.1. The molecule has 0 radical (unpaired) electrons. The molecule has 430 valence electrons. The Balaban J connectivity index is 2.78. The summed E-state index contributed by atoms with van der Waals surface area (Å²) in [5, 5.41) is 31.5. The van der Waals surface area contributed by atoms with E-state index in [1.54, 1.807) is 0 Å². The number of hydrogen-bond donors (Lipinski definition) is 3. The molecular weight excluding hydrogens is 973 g/mol. The minimum Gasteiger partial charge on any atom is -0.479 e. The maximum Gasteiger partial charge on any atom is 0.335 e. The van der Waals surface area contributed by atoms with Gasteiger partial charge in [-0.3, -0.25) is 14.4 Å². The van der Waals surface area contributed by atoms with Crippen molar-refractivity contribution in [3.63, 3.8) is 0 Å². The summed E-state index contributed by atoms with van der Waals surface area (Å²) in [6.45, 7) is 5.51. The standard InChI is InChI=1S/C65H98O12/c1-4-7-10-13-16-19-22-25-27-29-31-34-36-39-42-45-48-51-57(66)73-54-56(75-58(67)52-49-46-43-40-37-33-24-21-18-15-12-9-6-3)55-74-65-63(61(70)60(69)62(77-65)64(71)72)76-59(68)53-50-47-44-41-38-35-32-30-28-26-23-20-17-14-11-8-5-2/h7-12,16-21,25-28,31,33-34,37,39,42-43,46,56,60-63,65,69-70H,4-6,13-15,22-24,29-30,32,35-36,38,40-41,44-45,47-55H2,1-3H3,(H,71,72)/b10-7-,11-8-,12-9-,19-16-,20-17-,21-18-,27-25-,28-26-,34-31-,37-33-,42-39-,46-43-. The first-order valence-corrected chi connectivity index (χ1v) is 28.8. The third kappa shape index (κ3) is 41.4. The SMILES string of the molecule is CC/C=C\C/C=C\C/C=C\C/C=C\C/C=C\CCCC(=O)OCC(COC1OC(C(=O)O)C(O)C(O)C1OC(=O)CCCCCCCCC/C=C\C/C=C\C/C=C\CC)OC(=O)CC/C=C\C/C=C\C/C=C\C/C=C\CC. The first kappa shape index (κ1) is 69.6. The second-order valence-electron chi connectivity index (χ2n) is 18.8. The van der Waals surface area contributed by atoms with Crippen LogP contribution in [0.5, 0.6) is 0 Å². The van der Waals surface area contributed by atoms with Crippen molar-refractivity contribution < 1.29 is 58.2 Å². The fourth-order valence-corrected chi connectivity index (χ4v) is 7.61. The second-order valence-corrected chi connectivity index (χ2v) is 18.8. The summed E-state index contributed by atoms with van der Waals surface area (Å²) in [4.78, 5) is 51.0. The third-order valence-electron chi connectivity index (χ3n) is 11.9. The summed E-state index contributed by atoms with van der Waals surface area (Å²) < 4.78 is 28.2. The van der Waals surface area contributed by atoms with E-state index in [-0.39, 0.29) is 25.9 Å². The van der Waals surface area contributed by atoms with Gasteiger partial charge in [-0.2, -0.15) is 0 Å². The van der Waals surface area contributed by atoms with Crippen molar-refractivity contribution in [3.05, 3.63) is 146 Å². The molecule has 1 aliphatic heterocycles. The van der Waals surface area contributed by atoms with E-state index in [0.717, 1.165) is 116 Å². The predicted molar refractivity (Wildman–Crippen MR) is 312 cm³/mol. The molecule has 1 rings (SSSR count). The van der Waals surface area contributed by atoms with Crippen LogP contribution in [0.4, 0.5) is 0 Å². The van der Waals surface area contributed by atoms with E-state index in [9.17, 15) is 34.5 Å². The number of carbonyl (C=O) groups excluding carboxylic acids is 3. The molecule has 1 fully saturated rings. The number of unbranched alkanes of at least 4 members (excludes halogenated alkanes) is 8. The van der Waals surface area contributed by atoms with E-state index in [0.29, 0.717) is 32.1 Å². The predicted octanol–water partition coefficient (Wildman–Crippen LogP) is 14.8. The maximum absolute atomic E-state index is 13.1. The molecule has 0 aromatic heterocycles. The number of carbonyl (C=O) groups is 4. The summed E-state index contributed by atoms with van der Waals surface area (Å²) in [6, 6.07) is 0. The fourth-order valence-electron chi connectivity index (χ4n) is 7.61. The molecule has 12 heteroatoms. The maximum atomic E-state index is 13.1. The molecule has 0 saturated carbocycles. The molecule has 0 bridgehead atoms. The average molecular weight is 1070 g/mol. The Bertz CT molecular complexity index is 1890. The number of aliphatic carboxylic acids is 1. The summed E-state index contributed by atoms with van der Waals surface area (Å²) in [5.74, 6) is -3.35. The molecule has 0 amide bonds. The number of hydrogen-bond acceptors (Lipinski definition) is 11. The van der Waals surface area contributed by atoms with Gasteiger partial charge in [0.25, 0.3) is 0 Å². The Hall–Kier alpha value is -5.40. The molecule has 3 N–H and O–H groups in total. The van der Waals surface area contributed by atoms with E-state index in [2.05, 4.69) is 136 Å². The summed E-state index contributed by atoms with van der Waals surface area (Å²) in [6.07, 6.45) is 61.3. The molecule has 6 unspecified atom stereocenters. The van der Waals surface area contributed by atoms with Crippen molar-refractivity contribution in [2.24, 2.45) is 0 Å². The van der Waals surface area contributed by atoms with Crippen molar-refractivity contribution in [1.29, 1.82) is 0 Å². The molecule has 1 heterocycles. The number of carboxylic acid groups (broad SMARTS) is 1. The number of allylic oxidation sites excluding steroid dienone is 24. The van der Waals surface area contributed by atoms with Crippen LogP contribution < -0.4 is 0 Å². The van der Waals surface area contributed by atoms with Crippen molar-refractivity contribution in [1.82, 2.24) is 0 Å². The molecule has 0 aliphatic carbocycles. The van der Waals surface area contributed by atoms with Gasteiger partial charge in [-0.15, -0.1) is 0 Å². The van der Waals surface area contributed by atoms with Gasteiger partial charge in [-0.05, 0) is 116 Å². The third-order valence-corrected chi connectivity index (χ3v) is 11.9. The monoisotopic (exact) mass is 1070 g/mol. The number of aliphatic hydroxyl groups is 2. The Morgan fingerprint density at radius 3 is 1.27 bits per heavy atom. The fraction of sp³-hybridized carbons (Fsp3) is 0.569. The lowest BCUT2D eigenvalue weighted by Gasteiger charge is -2.40. The zero-order valence-electron chi connectivity index (χ0n) is 47.1. The number of carboxylic acids is 1. The zero-order chi connectivity index (χ0) is 56.1. The lowest BCUT2D eigenvalue weighted by atomic mass is 9.98. The van der Waals surface area contributed by atoms with Crippen LogP contribution in [-0.2, 0) is 42.9 Å². The van der Waals surface area contributed by atoms with Crippen LogP contribution in [0, 0.1) is 0 Å². The Morgan fingerprint density at radius 1 is 0.429 bits per heavy atom. The largest absolute Gasteiger partial charge is 0.479 e. The molecule has 0 aromatic carbocycles. The minimum absolute atomic E-state index is 0.0197. The number of rotatable bonds is 46. The van der Waals surface area contributed by atoms with Crippen molar-refractivity contribution >= 4 is 23.9 Å². The van der Waals surface area contributed by atoms with Crippen LogP contribution in [0.2, 0.25) is 0 Å². The molecule has 1 aliphatic rings. The Kier molecular flexibility index (Phi) is 46.4. The smallest absolute Gasteiger partial charge is 0.335 e. The number of esters is 3. The van der Waals surface area contributed by atoms with Crippen LogP contribution in [0.1, 0.15) is 188 Å². The summed E-state index contributed by atoms with van der Waals surface area (Å²) in [5.41, 5.74) is 0. The molecule has 0 aromatic rings. The highest BCUT2D eigenvalue weighted by Gasteiger charge is 2.50. The highest BCUT2D eigenvalue weighted by atomic mass is 16.7. The quantitative estimate of drug-likeness (QED) is 0.0228. The van der Waals surface area contributed by atoms with E-state index >= 15 is 0 Å². The average Bonchev–Trinajstić information content (AvgIpc) is 3.42. The van der Waals surface area contributed by atoms with Gasteiger partial charge >= 0.3 is 23.9 Å². The van der Waals surface area contributed by atoms with Crippen LogP contribution in [0.3, 0.4) is 0 Å². The van der Waals surface area contributed by atoms with Gasteiger partial charge in [0.2, 0.25) is 0 Å². The van der Waals surface area contributed by atoms with E-state index in [1.165, 1.54) is 0 Å². The van der Waals surface area contributed by atoms with E-state index in [1.807, 2.05) is 30.4 Å². The Morgan fingerprint density at radius 2 is 0.818 bits per heavy atom. The van der Waals surface area contributed by atoms with Crippen LogP contribution in [0.25, 0.3) is 0 Å². The second kappa shape index (κ2) is 51.4. The number of aliphatic hydroxyl groups excluding tert-OH is 2. The van der Waals surface area contributed by atoms with Crippen molar-refractivity contribution in [2.45, 2.75) is 225 Å². The van der Waals surface area contributed by atoms with Gasteiger partial charge in [-0.25, -0.2) is 4.79 Å². The first-order chi connectivity index (χ1) is 37.6. The summed E-state index contributed by atoms with van der Waals surface area (Å²) >= 11 is 0. The van der Waals surface area contributed by atoms with E-state index in [4.69, 9.17) is 23.7 Å². The zero-order valence-corrected chi connectivity index (χ0v) is 47.1. The Labute approximate surface area is 463 Å². The van der Waals surface area contributed by atoms with Gasteiger partial charge in [0.1, 0.15) is 18.8 Å². The molecule has 77 heavy (non-hydrogen) atoms. The van der Waals surface area contributed by atoms with Gasteiger partial charge in [-0.1, -0.05) is 199 Å². The van der Waals surface area contributed by atoms with Crippen molar-refractivity contribution in [2.75, 3.05) is 13.2 Å². The molecule has 1 saturated heterocycles. The van der Waals surface area contributed by atoms with Gasteiger partial charge in [0, 0.05) is 19.3 Å². The van der Waals surface area contributed by atoms with Crippen LogP contribution >= 0.6 is 0 Å². The van der Waals surface area contributed by atoms with Gasteiger partial charge < -0.3 is 39.0 Å². The minimum atomic E-state index is -1.93. The van der Waals surface area contributed by atoms with Crippen LogP contribution in [-0.4, -0.2) is 89.2 Å². The highest BCUT2D eigenvalue weighted by molar-refractivity contribution is 5.74. The topological polar surface area (TPSA) is 175 Å². The van der Waals surface area contributed by atoms with Gasteiger partial charge in [0.15, 0.2) is 24.6 Å². The lowest BCUT2D eigenvalue weighted by molar-refractivity contribution is -0.301. The number of ether oxygens (including phenoxy) is 5. The molecular formula is C65H98O12. The van der Waals surface area contributed by atoms with E-state index < -0.39 is 67.3 Å². The molecule has 0 spiro atoms. The first-order valence-electron chi connectivity index (χ1n) is 28.8. The summed E-state index contributed by atoms with van der Waals surface area (Å²) in [7, 11) is 0. The van der Waals surface area contributed by atoms with Crippen LogP contribution in [0.15, 0.2) is 146 Å². The van der Waals surface area contributed by atoms with Crippen molar-refractivity contribution in [3.8, 4) is 0 Å². The highest BCUT2D eigenvalue weighted by Crippen LogP contribution is 2.26. The lowest BCUT2D eigenvalue weighted by Crippen LogP contribution is -2.61. The van der Waals surface area contributed by atoms with Gasteiger partial charge in [0.05, 0.1) is 6.61 Å².